The number of aromatic nitrogens is 3. The van der Waals surface area contributed by atoms with E-state index < -0.39 is 5.60 Å². The quantitative estimate of drug-likeness (QED) is 0.527. The summed E-state index contributed by atoms with van der Waals surface area (Å²) in [7, 11) is 0. The second-order valence-electron chi connectivity index (χ2n) is 7.88. The first kappa shape index (κ1) is 16.9. The predicted octanol–water partition coefficient (Wildman–Crippen LogP) is 3.76. The monoisotopic (exact) mass is 377 g/mol. The topological polar surface area (TPSA) is 101 Å². The number of furan rings is 1. The maximum absolute atomic E-state index is 11.6. The largest absolute Gasteiger partial charge is 0.506 e. The van der Waals surface area contributed by atoms with Crippen LogP contribution in [0.1, 0.15) is 41.7 Å². The van der Waals surface area contributed by atoms with E-state index in [2.05, 4.69) is 10.2 Å². The van der Waals surface area contributed by atoms with E-state index >= 15 is 0 Å². The van der Waals surface area contributed by atoms with Crippen LogP contribution in [0.5, 0.6) is 5.75 Å². The molecule has 3 aromatic heterocycles. The number of phenols is 1. The second-order valence-corrected chi connectivity index (χ2v) is 7.88. The lowest BCUT2D eigenvalue weighted by Gasteiger charge is -2.41. The number of carbonyl (C=O) groups excluding carboxylic acids is 1. The fourth-order valence-corrected chi connectivity index (χ4v) is 4.26. The number of aliphatic hydroxyl groups is 1. The van der Waals surface area contributed by atoms with Crippen LogP contribution in [0.25, 0.3) is 33.3 Å². The van der Waals surface area contributed by atoms with Crippen molar-refractivity contribution in [3.63, 3.8) is 0 Å². The molecule has 1 fully saturated rings. The van der Waals surface area contributed by atoms with Gasteiger partial charge in [0.25, 0.3) is 0 Å². The molecule has 0 unspecified atom stereocenters. The van der Waals surface area contributed by atoms with Crippen LogP contribution in [-0.2, 0) is 0 Å². The smallest absolute Gasteiger partial charge is 0.163 e. The molecular weight excluding hydrogens is 358 g/mol. The maximum atomic E-state index is 11.6. The van der Waals surface area contributed by atoms with Gasteiger partial charge in [0.1, 0.15) is 11.3 Å². The van der Waals surface area contributed by atoms with Crippen LogP contribution in [0.2, 0.25) is 0 Å². The number of aromatic hydroxyl groups is 1. The van der Waals surface area contributed by atoms with Crippen molar-refractivity contribution in [1.29, 1.82) is 0 Å². The van der Waals surface area contributed by atoms with Crippen LogP contribution in [0, 0.1) is 6.92 Å². The molecule has 0 atom stereocenters. The molecule has 7 nitrogen and oxygen atoms in total. The summed E-state index contributed by atoms with van der Waals surface area (Å²) in [5, 5.41) is 30.8. The van der Waals surface area contributed by atoms with E-state index in [0.29, 0.717) is 51.7 Å². The van der Waals surface area contributed by atoms with Crippen LogP contribution in [0.4, 0.5) is 0 Å². The Bertz CT molecular complexity index is 1240. The molecule has 4 aromatic rings. The predicted molar refractivity (Wildman–Crippen MR) is 103 cm³/mol. The normalized spacial score (nSPS) is 21.9. The Morgan fingerprint density at radius 1 is 1.29 bits per heavy atom. The van der Waals surface area contributed by atoms with Gasteiger partial charge in [-0.15, -0.1) is 10.2 Å². The van der Waals surface area contributed by atoms with Crippen molar-refractivity contribution in [1.82, 2.24) is 14.8 Å². The van der Waals surface area contributed by atoms with Crippen molar-refractivity contribution in [2.75, 3.05) is 0 Å². The highest BCUT2D eigenvalue weighted by molar-refractivity contribution is 5.99. The van der Waals surface area contributed by atoms with Gasteiger partial charge >= 0.3 is 0 Å². The van der Waals surface area contributed by atoms with E-state index in [1.54, 1.807) is 25.3 Å². The molecule has 2 N–H and O–H groups in total. The minimum atomic E-state index is -0.682. The Kier molecular flexibility index (Phi) is 3.42. The summed E-state index contributed by atoms with van der Waals surface area (Å²) in [6.45, 7) is 3.67. The van der Waals surface area contributed by atoms with Gasteiger partial charge in [-0.3, -0.25) is 4.79 Å². The number of rotatable bonds is 3. The van der Waals surface area contributed by atoms with Gasteiger partial charge < -0.3 is 19.2 Å². The number of aryl methyl sites for hydroxylation is 1. The number of fused-ring (bicyclic) bond motifs is 2. The van der Waals surface area contributed by atoms with E-state index in [9.17, 15) is 15.0 Å². The molecule has 0 spiro atoms. The van der Waals surface area contributed by atoms with Gasteiger partial charge in [0, 0.05) is 28.8 Å². The number of nitrogens with zero attached hydrogens (tertiary/aromatic N) is 3. The first-order chi connectivity index (χ1) is 13.4. The van der Waals surface area contributed by atoms with Crippen LogP contribution in [0.15, 0.2) is 35.1 Å². The molecule has 5 rings (SSSR count). The molecule has 1 aromatic carbocycles. The second kappa shape index (κ2) is 5.65. The Labute approximate surface area is 160 Å². The number of hydrogen-bond acceptors (Lipinski definition) is 6. The fourth-order valence-electron chi connectivity index (χ4n) is 4.26. The van der Waals surface area contributed by atoms with Crippen molar-refractivity contribution in [2.24, 2.45) is 0 Å². The summed E-state index contributed by atoms with van der Waals surface area (Å²) in [5.41, 5.74) is 2.90. The molecule has 0 saturated heterocycles. The molecule has 0 radical (unpaired) electrons. The van der Waals surface area contributed by atoms with Crippen LogP contribution in [0.3, 0.4) is 0 Å². The highest BCUT2D eigenvalue weighted by Gasteiger charge is 2.40. The van der Waals surface area contributed by atoms with Crippen LogP contribution >= 0.6 is 0 Å². The Morgan fingerprint density at radius 2 is 2.07 bits per heavy atom. The average molecular weight is 377 g/mol. The Morgan fingerprint density at radius 3 is 2.79 bits per heavy atom. The van der Waals surface area contributed by atoms with Gasteiger partial charge in [-0.2, -0.15) is 0 Å². The third-order valence-electron chi connectivity index (χ3n) is 5.66. The zero-order chi connectivity index (χ0) is 19.6. The highest BCUT2D eigenvalue weighted by Crippen LogP contribution is 2.43. The lowest BCUT2D eigenvalue weighted by Crippen LogP contribution is -2.41. The van der Waals surface area contributed by atoms with Gasteiger partial charge in [-0.25, -0.2) is 0 Å². The van der Waals surface area contributed by atoms with E-state index in [1.807, 2.05) is 17.6 Å². The number of benzene rings is 1. The molecule has 0 amide bonds. The number of hydrogen-bond donors (Lipinski definition) is 2. The molecule has 1 saturated carbocycles. The molecule has 0 aliphatic heterocycles. The van der Waals surface area contributed by atoms with E-state index in [1.165, 1.54) is 6.26 Å². The van der Waals surface area contributed by atoms with Crippen molar-refractivity contribution >= 4 is 28.3 Å². The van der Waals surface area contributed by atoms with Gasteiger partial charge in [0.05, 0.1) is 22.9 Å². The number of aldehydes is 1. The summed E-state index contributed by atoms with van der Waals surface area (Å²) in [6.07, 6.45) is 5.31. The Balaban J connectivity index is 1.68. The van der Waals surface area contributed by atoms with Crippen molar-refractivity contribution in [2.45, 2.75) is 38.3 Å². The van der Waals surface area contributed by atoms with E-state index in [0.717, 1.165) is 11.8 Å². The minimum Gasteiger partial charge on any atom is -0.506 e. The van der Waals surface area contributed by atoms with Gasteiger partial charge in [-0.05, 0) is 50.5 Å². The van der Waals surface area contributed by atoms with E-state index in [-0.39, 0.29) is 11.8 Å². The molecule has 142 valence electrons. The molecular formula is C21H19N3O4. The molecule has 28 heavy (non-hydrogen) atoms. The Hall–Kier alpha value is -3.19. The molecule has 1 aliphatic rings. The zero-order valence-electron chi connectivity index (χ0n) is 15.5. The van der Waals surface area contributed by atoms with Gasteiger partial charge in [-0.1, -0.05) is 0 Å². The SMILES string of the molecule is Cc1cc2occc2c(O)c1-c1cc2c(C=O)cn(C3CC(C)(O)C3)c2nn1. The van der Waals surface area contributed by atoms with Crippen molar-refractivity contribution in [3.8, 4) is 17.0 Å². The summed E-state index contributed by atoms with van der Waals surface area (Å²) < 4.78 is 7.29. The highest BCUT2D eigenvalue weighted by atomic mass is 16.3. The van der Waals surface area contributed by atoms with Crippen LogP contribution in [-0.4, -0.2) is 36.9 Å². The summed E-state index contributed by atoms with van der Waals surface area (Å²) in [6, 6.07) is 5.42. The third-order valence-corrected chi connectivity index (χ3v) is 5.66. The number of phenolic OH excluding ortho intramolecular Hbond substituents is 1. The van der Waals surface area contributed by atoms with E-state index in [4.69, 9.17) is 4.42 Å². The van der Waals surface area contributed by atoms with Gasteiger partial charge in [0.15, 0.2) is 11.9 Å². The van der Waals surface area contributed by atoms with Crippen LogP contribution < -0.4 is 0 Å². The summed E-state index contributed by atoms with van der Waals surface area (Å²) >= 11 is 0. The standard InChI is InChI=1S/C21H19N3O4/c1-11-5-17-14(3-4-28-17)19(26)18(11)16-6-15-12(10-25)9-24(20(15)23-22-16)13-7-21(2,27)8-13/h3-6,9-10,13,26-27H,7-8H2,1-2H3. The van der Waals surface area contributed by atoms with Gasteiger partial charge in [0.2, 0.25) is 0 Å². The third kappa shape index (κ3) is 2.36. The first-order valence-corrected chi connectivity index (χ1v) is 9.14. The molecule has 0 bridgehead atoms. The molecule has 3 heterocycles. The molecule has 1 aliphatic carbocycles. The van der Waals surface area contributed by atoms with Crippen molar-refractivity contribution < 1.29 is 19.4 Å². The average Bonchev–Trinajstić information content (AvgIpc) is 3.23. The molecule has 7 heteroatoms. The fraction of sp³-hybridized carbons (Fsp3) is 0.286. The summed E-state index contributed by atoms with van der Waals surface area (Å²) in [5.74, 6) is 0.0829. The zero-order valence-corrected chi connectivity index (χ0v) is 15.5. The lowest BCUT2D eigenvalue weighted by atomic mass is 9.77. The minimum absolute atomic E-state index is 0.0829. The van der Waals surface area contributed by atoms with Crippen molar-refractivity contribution in [3.05, 3.63) is 41.8 Å². The number of carbonyl (C=O) groups is 1. The maximum Gasteiger partial charge on any atom is 0.163 e. The summed E-state index contributed by atoms with van der Waals surface area (Å²) in [4.78, 5) is 11.6. The lowest BCUT2D eigenvalue weighted by molar-refractivity contribution is -0.0498. The first-order valence-electron chi connectivity index (χ1n) is 9.14.